The molecule has 0 unspecified atom stereocenters. The van der Waals surface area contributed by atoms with Gasteiger partial charge in [-0.3, -0.25) is 0 Å². The third-order valence-electron chi connectivity index (χ3n) is 1.64. The minimum absolute atomic E-state index is 0.506. The standard InChI is InChI=1S/C8H12Cl2N2Si/c1-12-6-4-8-13(9,10)7-3-2-5-11/h2-4,6-8H2. The van der Waals surface area contributed by atoms with E-state index in [2.05, 4.69) is 10.9 Å². The van der Waals surface area contributed by atoms with Crippen LogP contribution in [0.15, 0.2) is 0 Å². The molecule has 0 aliphatic carbocycles. The molecule has 0 aromatic rings. The average molecular weight is 235 g/mol. The number of nitriles is 1. The summed E-state index contributed by atoms with van der Waals surface area (Å²) in [6.45, 7) is 4.97. The molecule has 0 heterocycles. The lowest BCUT2D eigenvalue weighted by Gasteiger charge is -2.13. The summed E-state index contributed by atoms with van der Waals surface area (Å²) in [5, 5.41) is 8.32. The van der Waals surface area contributed by atoms with Gasteiger partial charge in [-0.15, -0.1) is 22.2 Å². The van der Waals surface area contributed by atoms with E-state index >= 15 is 0 Å². The van der Waals surface area contributed by atoms with E-state index in [0.717, 1.165) is 24.9 Å². The predicted molar refractivity (Wildman–Crippen MR) is 58.0 cm³/mol. The maximum absolute atomic E-state index is 8.32. The topological polar surface area (TPSA) is 28.1 Å². The molecule has 5 heteroatoms. The fraction of sp³-hybridized carbons (Fsp3) is 0.750. The molecule has 0 aromatic carbocycles. The first-order valence-electron chi connectivity index (χ1n) is 4.20. The van der Waals surface area contributed by atoms with E-state index in [9.17, 15) is 0 Å². The normalized spacial score (nSPS) is 10.5. The van der Waals surface area contributed by atoms with Crippen molar-refractivity contribution in [3.8, 4) is 6.07 Å². The number of nitrogens with zero attached hydrogens (tertiary/aromatic N) is 2. The van der Waals surface area contributed by atoms with Gasteiger partial charge in [-0.05, 0) is 18.5 Å². The molecular weight excluding hydrogens is 223 g/mol. The number of rotatable bonds is 6. The quantitative estimate of drug-likeness (QED) is 0.299. The van der Waals surface area contributed by atoms with Crippen LogP contribution in [0.4, 0.5) is 0 Å². The highest BCUT2D eigenvalue weighted by molar-refractivity contribution is 7.45. The first-order chi connectivity index (χ1) is 6.12. The Morgan fingerprint density at radius 1 is 1.31 bits per heavy atom. The van der Waals surface area contributed by atoms with E-state index in [4.69, 9.17) is 34.0 Å². The maximum atomic E-state index is 8.32. The summed E-state index contributed by atoms with van der Waals surface area (Å²) in [4.78, 5) is 3.24. The lowest BCUT2D eigenvalue weighted by atomic mass is 10.4. The smallest absolute Gasteiger partial charge is 0.251 e. The fourth-order valence-corrected chi connectivity index (χ4v) is 4.19. The highest BCUT2D eigenvalue weighted by atomic mass is 35.7. The summed E-state index contributed by atoms with van der Waals surface area (Å²) < 4.78 is 0. The zero-order chi connectivity index (χ0) is 10.2. The summed E-state index contributed by atoms with van der Waals surface area (Å²) in [6.07, 6.45) is 2.10. The van der Waals surface area contributed by atoms with Crippen LogP contribution in [0.25, 0.3) is 4.85 Å². The summed E-state index contributed by atoms with van der Waals surface area (Å²) >= 11 is 12.2. The molecule has 0 amide bonds. The van der Waals surface area contributed by atoms with Crippen LogP contribution in [0.2, 0.25) is 12.1 Å². The summed E-state index contributed by atoms with van der Waals surface area (Å²) in [6, 6.07) is 3.60. The van der Waals surface area contributed by atoms with Gasteiger partial charge in [0, 0.05) is 12.8 Å². The van der Waals surface area contributed by atoms with Gasteiger partial charge in [0.2, 0.25) is 6.54 Å². The molecule has 0 bridgehead atoms. The summed E-state index contributed by atoms with van der Waals surface area (Å²) in [7, 11) is 0. The third-order valence-corrected chi connectivity index (χ3v) is 6.08. The SMILES string of the molecule is [C-]#[N+]CCC[Si](Cl)(Cl)CCCC#N. The van der Waals surface area contributed by atoms with Gasteiger partial charge in [0.15, 0.2) is 0 Å². The molecule has 0 aromatic heterocycles. The van der Waals surface area contributed by atoms with E-state index in [0.29, 0.717) is 13.0 Å². The first-order valence-corrected chi connectivity index (χ1v) is 8.64. The van der Waals surface area contributed by atoms with Crippen LogP contribution < -0.4 is 0 Å². The van der Waals surface area contributed by atoms with Crippen molar-refractivity contribution in [3.05, 3.63) is 11.4 Å². The largest absolute Gasteiger partial charge is 0.317 e. The lowest BCUT2D eigenvalue weighted by Crippen LogP contribution is -2.18. The number of unbranched alkanes of at least 4 members (excludes halogenated alkanes) is 1. The molecule has 72 valence electrons. The van der Waals surface area contributed by atoms with Gasteiger partial charge in [-0.2, -0.15) is 5.26 Å². The van der Waals surface area contributed by atoms with Gasteiger partial charge in [0.25, 0.3) is 6.69 Å². The molecule has 0 aliphatic rings. The summed E-state index contributed by atoms with van der Waals surface area (Å²) in [5.74, 6) is 0. The highest BCUT2D eigenvalue weighted by Gasteiger charge is 2.27. The van der Waals surface area contributed by atoms with Crippen molar-refractivity contribution < 1.29 is 0 Å². The van der Waals surface area contributed by atoms with Crippen molar-refractivity contribution in [3.63, 3.8) is 0 Å². The van der Waals surface area contributed by atoms with Gasteiger partial charge < -0.3 is 4.85 Å². The zero-order valence-corrected chi connectivity index (χ0v) is 9.90. The molecule has 0 rings (SSSR count). The van der Waals surface area contributed by atoms with Crippen molar-refractivity contribution >= 4 is 28.9 Å². The molecular formula is C8H12Cl2N2Si. The van der Waals surface area contributed by atoms with E-state index in [1.165, 1.54) is 0 Å². The second kappa shape index (κ2) is 7.21. The molecule has 0 saturated heterocycles. The lowest BCUT2D eigenvalue weighted by molar-refractivity contribution is 0.933. The first kappa shape index (κ1) is 12.8. The van der Waals surface area contributed by atoms with E-state index < -0.39 is 6.69 Å². The minimum Gasteiger partial charge on any atom is -0.317 e. The van der Waals surface area contributed by atoms with Crippen molar-refractivity contribution in [2.24, 2.45) is 0 Å². The Hall–Kier alpha value is -0.223. The Labute approximate surface area is 89.7 Å². The van der Waals surface area contributed by atoms with Crippen molar-refractivity contribution in [2.75, 3.05) is 6.54 Å². The Morgan fingerprint density at radius 2 is 1.92 bits per heavy atom. The molecule has 0 aliphatic heterocycles. The molecule has 2 nitrogen and oxygen atoms in total. The van der Waals surface area contributed by atoms with Crippen molar-refractivity contribution in [1.82, 2.24) is 0 Å². The Kier molecular flexibility index (Phi) is 7.08. The zero-order valence-electron chi connectivity index (χ0n) is 7.39. The van der Waals surface area contributed by atoms with Crippen LogP contribution in [-0.4, -0.2) is 13.2 Å². The van der Waals surface area contributed by atoms with Crippen LogP contribution in [0.5, 0.6) is 0 Å². The molecule has 0 saturated carbocycles. The molecule has 0 fully saturated rings. The van der Waals surface area contributed by atoms with Gasteiger partial charge in [0.1, 0.15) is 0 Å². The van der Waals surface area contributed by atoms with Crippen molar-refractivity contribution in [2.45, 2.75) is 31.4 Å². The average Bonchev–Trinajstić information content (AvgIpc) is 2.05. The van der Waals surface area contributed by atoms with Crippen LogP contribution in [0, 0.1) is 17.9 Å². The van der Waals surface area contributed by atoms with Gasteiger partial charge in [-0.1, -0.05) is 0 Å². The molecule has 0 N–H and O–H groups in total. The van der Waals surface area contributed by atoms with Gasteiger partial charge in [0.05, 0.1) is 6.07 Å². The van der Waals surface area contributed by atoms with Crippen molar-refractivity contribution in [1.29, 1.82) is 5.26 Å². The summed E-state index contributed by atoms with van der Waals surface area (Å²) in [5.41, 5.74) is 0. The van der Waals surface area contributed by atoms with Gasteiger partial charge >= 0.3 is 0 Å². The molecule has 0 spiro atoms. The van der Waals surface area contributed by atoms with E-state index in [1.807, 2.05) is 0 Å². The molecule has 13 heavy (non-hydrogen) atoms. The molecule has 0 atom stereocenters. The van der Waals surface area contributed by atoms with Crippen LogP contribution in [0.3, 0.4) is 0 Å². The Morgan fingerprint density at radius 3 is 2.46 bits per heavy atom. The van der Waals surface area contributed by atoms with E-state index in [-0.39, 0.29) is 0 Å². The highest BCUT2D eigenvalue weighted by Crippen LogP contribution is 2.28. The second-order valence-electron chi connectivity index (χ2n) is 2.85. The second-order valence-corrected chi connectivity index (χ2v) is 10.5. The van der Waals surface area contributed by atoms with Gasteiger partial charge in [-0.25, -0.2) is 6.57 Å². The Balaban J connectivity index is 3.56. The molecule has 0 radical (unpaired) electrons. The monoisotopic (exact) mass is 234 g/mol. The fourth-order valence-electron chi connectivity index (χ4n) is 0.968. The number of hydrogen-bond donors (Lipinski definition) is 0. The van der Waals surface area contributed by atoms with E-state index in [1.54, 1.807) is 0 Å². The predicted octanol–water partition coefficient (Wildman–Crippen LogP) is 3.52. The number of halogens is 2. The minimum atomic E-state index is -2.13. The Bertz CT molecular complexity index is 195. The number of hydrogen-bond acceptors (Lipinski definition) is 1. The van der Waals surface area contributed by atoms with Crippen LogP contribution in [-0.2, 0) is 0 Å². The van der Waals surface area contributed by atoms with Crippen LogP contribution in [0.1, 0.15) is 19.3 Å². The van der Waals surface area contributed by atoms with Crippen LogP contribution >= 0.6 is 22.2 Å². The third kappa shape index (κ3) is 8.12. The maximum Gasteiger partial charge on any atom is 0.251 e.